The average Bonchev–Trinajstić information content (AvgIpc) is 2.62. The van der Waals surface area contributed by atoms with E-state index in [0.29, 0.717) is 0 Å². The van der Waals surface area contributed by atoms with Crippen LogP contribution in [-0.2, 0) is 7.05 Å². The maximum atomic E-state index is 12.3. The fourth-order valence-corrected chi connectivity index (χ4v) is 2.76. The summed E-state index contributed by atoms with van der Waals surface area (Å²) in [6, 6.07) is 17.0. The third-order valence-corrected chi connectivity index (χ3v) is 4.13. The normalized spacial score (nSPS) is 10.2. The SMILES string of the molecule is Cn1c(=O)c(OCC#CCOc2ccccc2)cc2cc(Br)ccc21. The molecule has 0 saturated heterocycles. The van der Waals surface area contributed by atoms with Gasteiger partial charge in [-0.3, -0.25) is 4.79 Å². The second-order valence-corrected chi connectivity index (χ2v) is 6.24. The summed E-state index contributed by atoms with van der Waals surface area (Å²) in [5, 5.41) is 0.923. The number of aromatic nitrogens is 1. The number of halogens is 1. The van der Waals surface area contributed by atoms with E-state index in [-0.39, 0.29) is 24.5 Å². The van der Waals surface area contributed by atoms with Crippen molar-refractivity contribution in [1.82, 2.24) is 4.57 Å². The summed E-state index contributed by atoms with van der Waals surface area (Å²) in [6.45, 7) is 0.406. The summed E-state index contributed by atoms with van der Waals surface area (Å²) < 4.78 is 13.5. The van der Waals surface area contributed by atoms with Gasteiger partial charge in [-0.2, -0.15) is 0 Å². The molecule has 0 radical (unpaired) electrons. The molecule has 2 aromatic carbocycles. The standard InChI is InChI=1S/C20H16BrNO3/c1-22-18-10-9-16(21)13-15(18)14-19(20(22)23)25-12-6-5-11-24-17-7-3-2-4-8-17/h2-4,7-10,13-14H,11-12H2,1H3. The van der Waals surface area contributed by atoms with Crippen LogP contribution in [0, 0.1) is 11.8 Å². The third-order valence-electron chi connectivity index (χ3n) is 3.63. The van der Waals surface area contributed by atoms with Crippen LogP contribution in [0.2, 0.25) is 0 Å². The topological polar surface area (TPSA) is 40.5 Å². The molecule has 126 valence electrons. The first-order chi connectivity index (χ1) is 12.1. The second kappa shape index (κ2) is 7.91. The molecule has 25 heavy (non-hydrogen) atoms. The highest BCUT2D eigenvalue weighted by Gasteiger charge is 2.07. The molecule has 4 nitrogen and oxygen atoms in total. The van der Waals surface area contributed by atoms with Gasteiger partial charge in [0, 0.05) is 16.9 Å². The molecule has 3 aromatic rings. The van der Waals surface area contributed by atoms with Gasteiger partial charge in [0.05, 0.1) is 5.52 Å². The van der Waals surface area contributed by atoms with Crippen molar-refractivity contribution in [2.45, 2.75) is 0 Å². The molecule has 0 aliphatic rings. The number of hydrogen-bond acceptors (Lipinski definition) is 3. The van der Waals surface area contributed by atoms with Gasteiger partial charge in [-0.1, -0.05) is 46.0 Å². The van der Waals surface area contributed by atoms with Crippen LogP contribution in [-0.4, -0.2) is 17.8 Å². The fraction of sp³-hybridized carbons (Fsp3) is 0.150. The highest BCUT2D eigenvalue weighted by Crippen LogP contribution is 2.21. The predicted octanol–water partition coefficient (Wildman–Crippen LogP) is 3.76. The molecule has 0 fully saturated rings. The van der Waals surface area contributed by atoms with Gasteiger partial charge in [-0.15, -0.1) is 0 Å². The zero-order valence-electron chi connectivity index (χ0n) is 13.7. The molecule has 0 unspecified atom stereocenters. The highest BCUT2D eigenvalue weighted by molar-refractivity contribution is 9.10. The van der Waals surface area contributed by atoms with Crippen LogP contribution in [0.5, 0.6) is 11.5 Å². The van der Waals surface area contributed by atoms with Crippen molar-refractivity contribution < 1.29 is 9.47 Å². The first-order valence-electron chi connectivity index (χ1n) is 7.71. The second-order valence-electron chi connectivity index (χ2n) is 5.32. The summed E-state index contributed by atoms with van der Waals surface area (Å²) in [6.07, 6.45) is 0. The Hall–Kier alpha value is -2.71. The molecular weight excluding hydrogens is 382 g/mol. The van der Waals surface area contributed by atoms with E-state index in [2.05, 4.69) is 27.8 Å². The summed E-state index contributed by atoms with van der Waals surface area (Å²) in [4.78, 5) is 12.3. The van der Waals surface area contributed by atoms with Crippen molar-refractivity contribution in [2.24, 2.45) is 7.05 Å². The number of hydrogen-bond donors (Lipinski definition) is 0. The Kier molecular flexibility index (Phi) is 5.42. The third kappa shape index (κ3) is 4.23. The number of ether oxygens (including phenoxy) is 2. The van der Waals surface area contributed by atoms with Crippen molar-refractivity contribution in [3.05, 3.63) is 69.4 Å². The van der Waals surface area contributed by atoms with E-state index in [0.717, 1.165) is 21.1 Å². The van der Waals surface area contributed by atoms with E-state index < -0.39 is 0 Å². The van der Waals surface area contributed by atoms with Crippen LogP contribution >= 0.6 is 15.9 Å². The van der Waals surface area contributed by atoms with Crippen LogP contribution < -0.4 is 15.0 Å². The molecular formula is C20H16BrNO3. The Balaban J connectivity index is 1.65. The van der Waals surface area contributed by atoms with Crippen molar-refractivity contribution >= 4 is 26.8 Å². The first-order valence-corrected chi connectivity index (χ1v) is 8.50. The number of rotatable bonds is 4. The Morgan fingerprint density at radius 2 is 1.72 bits per heavy atom. The molecule has 1 aromatic heterocycles. The number of para-hydroxylation sites is 1. The zero-order chi connectivity index (χ0) is 17.6. The van der Waals surface area contributed by atoms with E-state index in [1.54, 1.807) is 17.7 Å². The molecule has 0 atom stereocenters. The summed E-state index contributed by atoms with van der Waals surface area (Å²) in [7, 11) is 1.73. The van der Waals surface area contributed by atoms with Crippen molar-refractivity contribution in [3.63, 3.8) is 0 Å². The van der Waals surface area contributed by atoms with E-state index in [9.17, 15) is 4.79 Å². The molecule has 0 bridgehead atoms. The van der Waals surface area contributed by atoms with Gasteiger partial charge < -0.3 is 14.0 Å². The minimum absolute atomic E-state index is 0.132. The molecule has 0 aliphatic carbocycles. The molecule has 5 heteroatoms. The van der Waals surface area contributed by atoms with Crippen LogP contribution in [0.3, 0.4) is 0 Å². The largest absolute Gasteiger partial charge is 0.481 e. The van der Waals surface area contributed by atoms with Crippen molar-refractivity contribution in [1.29, 1.82) is 0 Å². The minimum Gasteiger partial charge on any atom is -0.481 e. The minimum atomic E-state index is -0.183. The molecule has 0 saturated carbocycles. The summed E-state index contributed by atoms with van der Waals surface area (Å²) in [5.41, 5.74) is 0.667. The molecule has 0 spiro atoms. The average molecular weight is 398 g/mol. The van der Waals surface area contributed by atoms with Gasteiger partial charge in [-0.05, 0) is 36.4 Å². The molecule has 1 heterocycles. The van der Waals surface area contributed by atoms with E-state index in [1.807, 2.05) is 48.5 Å². The first kappa shape index (κ1) is 17.1. The van der Waals surface area contributed by atoms with Gasteiger partial charge in [-0.25, -0.2) is 0 Å². The number of benzene rings is 2. The molecule has 3 rings (SSSR count). The molecule has 0 aliphatic heterocycles. The van der Waals surface area contributed by atoms with E-state index in [4.69, 9.17) is 9.47 Å². The van der Waals surface area contributed by atoms with Crippen molar-refractivity contribution in [3.8, 4) is 23.3 Å². The fourth-order valence-electron chi connectivity index (χ4n) is 2.38. The number of aryl methyl sites for hydroxylation is 1. The summed E-state index contributed by atoms with van der Waals surface area (Å²) >= 11 is 3.44. The smallest absolute Gasteiger partial charge is 0.293 e. The lowest BCUT2D eigenvalue weighted by molar-refractivity contribution is 0.358. The predicted molar refractivity (Wildman–Crippen MR) is 102 cm³/mol. The number of nitrogens with zero attached hydrogens (tertiary/aromatic N) is 1. The maximum absolute atomic E-state index is 12.3. The van der Waals surface area contributed by atoms with Crippen molar-refractivity contribution in [2.75, 3.05) is 13.2 Å². The van der Waals surface area contributed by atoms with Gasteiger partial charge >= 0.3 is 0 Å². The van der Waals surface area contributed by atoms with Gasteiger partial charge in [0.15, 0.2) is 5.75 Å². The van der Waals surface area contributed by atoms with Gasteiger partial charge in [0.25, 0.3) is 5.56 Å². The Labute approximate surface area is 154 Å². The number of pyridine rings is 1. The quantitative estimate of drug-likeness (QED) is 0.629. The Morgan fingerprint density at radius 3 is 2.48 bits per heavy atom. The summed E-state index contributed by atoms with van der Waals surface area (Å²) in [5.74, 6) is 6.78. The number of fused-ring (bicyclic) bond motifs is 1. The Morgan fingerprint density at radius 1 is 1.00 bits per heavy atom. The van der Waals surface area contributed by atoms with Crippen LogP contribution in [0.25, 0.3) is 10.9 Å². The van der Waals surface area contributed by atoms with Crippen LogP contribution in [0.1, 0.15) is 0 Å². The van der Waals surface area contributed by atoms with Gasteiger partial charge in [0.1, 0.15) is 19.0 Å². The van der Waals surface area contributed by atoms with Crippen LogP contribution in [0.15, 0.2) is 63.9 Å². The van der Waals surface area contributed by atoms with Gasteiger partial charge in [0.2, 0.25) is 0 Å². The maximum Gasteiger partial charge on any atom is 0.293 e. The van der Waals surface area contributed by atoms with E-state index in [1.165, 1.54) is 0 Å². The lowest BCUT2D eigenvalue weighted by Crippen LogP contribution is -2.19. The monoisotopic (exact) mass is 397 g/mol. The Bertz CT molecular complexity index is 1000. The molecule has 0 N–H and O–H groups in total. The van der Waals surface area contributed by atoms with E-state index >= 15 is 0 Å². The highest BCUT2D eigenvalue weighted by atomic mass is 79.9. The molecule has 0 amide bonds. The lowest BCUT2D eigenvalue weighted by atomic mass is 10.2. The van der Waals surface area contributed by atoms with Crippen LogP contribution in [0.4, 0.5) is 0 Å². The lowest BCUT2D eigenvalue weighted by Gasteiger charge is -2.09. The zero-order valence-corrected chi connectivity index (χ0v) is 15.2.